The van der Waals surface area contributed by atoms with Crippen LogP contribution in [0.1, 0.15) is 29.2 Å². The molecule has 0 saturated heterocycles. The van der Waals surface area contributed by atoms with E-state index >= 15 is 0 Å². The van der Waals surface area contributed by atoms with Gasteiger partial charge in [0.25, 0.3) is 0 Å². The number of benzene rings is 2. The summed E-state index contributed by atoms with van der Waals surface area (Å²) in [5, 5.41) is 23.1. The number of aromatic hydroxyl groups is 2. The van der Waals surface area contributed by atoms with E-state index in [1.165, 1.54) is 50.4 Å². The Balaban J connectivity index is 1.89. The fourth-order valence-corrected chi connectivity index (χ4v) is 3.37. The Bertz CT molecular complexity index is 1240. The number of ether oxygens (including phenoxy) is 2. The van der Waals surface area contributed by atoms with E-state index in [0.717, 1.165) is 12.1 Å². The van der Waals surface area contributed by atoms with Crippen molar-refractivity contribution in [2.75, 3.05) is 12.4 Å². The van der Waals surface area contributed by atoms with Crippen LogP contribution in [0.2, 0.25) is 0 Å². The Morgan fingerprint density at radius 1 is 1.09 bits per heavy atom. The number of amides is 1. The SMILES string of the molecule is COc1ccc(C(CC(=O)Nc2ccc(OC(F)(F)F)cc2)c2c(O)cc(C)oc2=O)cc1O. The van der Waals surface area contributed by atoms with Gasteiger partial charge in [-0.1, -0.05) is 6.07 Å². The van der Waals surface area contributed by atoms with Crippen molar-refractivity contribution in [1.82, 2.24) is 0 Å². The number of hydrogen-bond donors (Lipinski definition) is 3. The summed E-state index contributed by atoms with van der Waals surface area (Å²) in [7, 11) is 1.35. The Labute approximate surface area is 191 Å². The van der Waals surface area contributed by atoms with Crippen LogP contribution in [-0.4, -0.2) is 29.6 Å². The number of phenols is 1. The first-order valence-corrected chi connectivity index (χ1v) is 9.83. The molecular formula is C23H20F3NO7. The lowest BCUT2D eigenvalue weighted by molar-refractivity contribution is -0.274. The first-order chi connectivity index (χ1) is 16.0. The smallest absolute Gasteiger partial charge is 0.507 e. The molecule has 3 N–H and O–H groups in total. The Hall–Kier alpha value is -4.15. The highest BCUT2D eigenvalue weighted by molar-refractivity contribution is 5.91. The van der Waals surface area contributed by atoms with E-state index in [-0.39, 0.29) is 34.9 Å². The number of anilines is 1. The van der Waals surface area contributed by atoms with E-state index in [9.17, 15) is 33.0 Å². The van der Waals surface area contributed by atoms with Crippen molar-refractivity contribution in [3.05, 3.63) is 75.8 Å². The van der Waals surface area contributed by atoms with Crippen LogP contribution in [0.3, 0.4) is 0 Å². The highest BCUT2D eigenvalue weighted by Gasteiger charge is 2.31. The molecule has 11 heteroatoms. The molecule has 0 bridgehead atoms. The minimum absolute atomic E-state index is 0.160. The topological polar surface area (TPSA) is 118 Å². The first kappa shape index (κ1) is 24.5. The summed E-state index contributed by atoms with van der Waals surface area (Å²) in [5.74, 6) is -2.43. The highest BCUT2D eigenvalue weighted by Crippen LogP contribution is 2.36. The van der Waals surface area contributed by atoms with E-state index in [1.54, 1.807) is 0 Å². The van der Waals surface area contributed by atoms with Crippen LogP contribution < -0.4 is 20.4 Å². The van der Waals surface area contributed by atoms with Gasteiger partial charge in [0.1, 0.15) is 17.3 Å². The number of aryl methyl sites for hydroxylation is 1. The normalized spacial score (nSPS) is 12.1. The molecule has 0 radical (unpaired) electrons. The van der Waals surface area contributed by atoms with Gasteiger partial charge < -0.3 is 29.4 Å². The second-order valence-corrected chi connectivity index (χ2v) is 7.25. The molecule has 0 saturated carbocycles. The highest BCUT2D eigenvalue weighted by atomic mass is 19.4. The molecule has 1 unspecified atom stereocenters. The summed E-state index contributed by atoms with van der Waals surface area (Å²) in [6.45, 7) is 1.47. The summed E-state index contributed by atoms with van der Waals surface area (Å²) in [6.07, 6.45) is -5.22. The molecule has 1 atom stereocenters. The van der Waals surface area contributed by atoms with Crippen molar-refractivity contribution < 1.29 is 42.1 Å². The Morgan fingerprint density at radius 2 is 1.76 bits per heavy atom. The summed E-state index contributed by atoms with van der Waals surface area (Å²) in [4.78, 5) is 25.3. The quantitative estimate of drug-likeness (QED) is 0.459. The number of halogens is 3. The molecule has 0 aliphatic heterocycles. The summed E-state index contributed by atoms with van der Waals surface area (Å²) in [5.41, 5.74) is -0.566. The van der Waals surface area contributed by atoms with Gasteiger partial charge in [0, 0.05) is 24.1 Å². The maximum Gasteiger partial charge on any atom is 0.573 e. The van der Waals surface area contributed by atoms with Crippen molar-refractivity contribution in [2.45, 2.75) is 25.6 Å². The minimum Gasteiger partial charge on any atom is -0.507 e. The standard InChI is InChI=1S/C23H20F3NO7/c1-12-9-18(29)21(22(31)33-12)16(13-3-8-19(32-2)17(28)10-13)11-20(30)27-14-4-6-15(7-5-14)34-23(24,25)26/h3-10,16,28-29H,11H2,1-2H3,(H,27,30). The van der Waals surface area contributed by atoms with Gasteiger partial charge in [-0.2, -0.15) is 0 Å². The third kappa shape index (κ3) is 6.00. The van der Waals surface area contributed by atoms with E-state index in [0.29, 0.717) is 5.56 Å². The average Bonchev–Trinajstić information content (AvgIpc) is 2.72. The van der Waals surface area contributed by atoms with Crippen molar-refractivity contribution in [3.63, 3.8) is 0 Å². The predicted octanol–water partition coefficient (Wildman–Crippen LogP) is 4.43. The average molecular weight is 479 g/mol. The summed E-state index contributed by atoms with van der Waals surface area (Å²) >= 11 is 0. The number of rotatable bonds is 7. The number of carbonyl (C=O) groups is 1. The Kier molecular flexibility index (Phi) is 7.04. The molecule has 1 aromatic heterocycles. The lowest BCUT2D eigenvalue weighted by Crippen LogP contribution is -2.21. The van der Waals surface area contributed by atoms with Gasteiger partial charge in [0.15, 0.2) is 11.5 Å². The maximum atomic E-state index is 12.8. The third-order valence-corrected chi connectivity index (χ3v) is 4.80. The summed E-state index contributed by atoms with van der Waals surface area (Å²) < 4.78 is 50.8. The molecule has 1 heterocycles. The molecule has 0 aliphatic carbocycles. The zero-order valence-corrected chi connectivity index (χ0v) is 18.0. The van der Waals surface area contributed by atoms with Crippen LogP contribution in [0.4, 0.5) is 18.9 Å². The molecule has 2 aromatic carbocycles. The van der Waals surface area contributed by atoms with Gasteiger partial charge >= 0.3 is 12.0 Å². The van der Waals surface area contributed by atoms with Crippen LogP contribution in [-0.2, 0) is 4.79 Å². The van der Waals surface area contributed by atoms with Crippen molar-refractivity contribution in [1.29, 1.82) is 0 Å². The third-order valence-electron chi connectivity index (χ3n) is 4.80. The van der Waals surface area contributed by atoms with Crippen molar-refractivity contribution >= 4 is 11.6 Å². The number of phenolic OH excluding ortho intramolecular Hbond substituents is 1. The van der Waals surface area contributed by atoms with Gasteiger partial charge in [-0.05, 0) is 48.9 Å². The molecule has 34 heavy (non-hydrogen) atoms. The van der Waals surface area contributed by atoms with Gasteiger partial charge in [-0.15, -0.1) is 13.2 Å². The van der Waals surface area contributed by atoms with E-state index in [4.69, 9.17) is 9.15 Å². The number of methoxy groups -OCH3 is 1. The van der Waals surface area contributed by atoms with Gasteiger partial charge in [0.05, 0.1) is 12.7 Å². The molecule has 8 nitrogen and oxygen atoms in total. The fourth-order valence-electron chi connectivity index (χ4n) is 3.37. The van der Waals surface area contributed by atoms with Crippen LogP contribution in [0, 0.1) is 6.92 Å². The number of hydrogen-bond acceptors (Lipinski definition) is 7. The summed E-state index contributed by atoms with van der Waals surface area (Å²) in [6, 6.07) is 9.95. The van der Waals surface area contributed by atoms with Crippen LogP contribution in [0.5, 0.6) is 23.0 Å². The molecule has 3 rings (SSSR count). The van der Waals surface area contributed by atoms with Gasteiger partial charge in [0.2, 0.25) is 5.91 Å². The van der Waals surface area contributed by atoms with Gasteiger partial charge in [-0.25, -0.2) is 4.79 Å². The van der Waals surface area contributed by atoms with Crippen molar-refractivity contribution in [3.8, 4) is 23.0 Å². The zero-order valence-electron chi connectivity index (χ0n) is 18.0. The van der Waals surface area contributed by atoms with E-state index in [1.807, 2.05) is 0 Å². The van der Waals surface area contributed by atoms with Crippen molar-refractivity contribution in [2.24, 2.45) is 0 Å². The Morgan fingerprint density at radius 3 is 2.32 bits per heavy atom. The minimum atomic E-state index is -4.85. The van der Waals surface area contributed by atoms with Gasteiger partial charge in [-0.3, -0.25) is 4.79 Å². The molecule has 180 valence electrons. The fraction of sp³-hybridized carbons (Fsp3) is 0.217. The molecule has 0 fully saturated rings. The predicted molar refractivity (Wildman–Crippen MR) is 114 cm³/mol. The van der Waals surface area contributed by atoms with Crippen LogP contribution in [0.25, 0.3) is 0 Å². The lowest BCUT2D eigenvalue weighted by Gasteiger charge is -2.19. The number of carbonyl (C=O) groups excluding carboxylic acids is 1. The lowest BCUT2D eigenvalue weighted by atomic mass is 9.88. The van der Waals surface area contributed by atoms with E-state index < -0.39 is 35.3 Å². The van der Waals surface area contributed by atoms with Crippen LogP contribution >= 0.6 is 0 Å². The molecule has 0 aliphatic rings. The van der Waals surface area contributed by atoms with Crippen LogP contribution in [0.15, 0.2) is 57.7 Å². The number of nitrogens with one attached hydrogen (secondary N) is 1. The monoisotopic (exact) mass is 479 g/mol. The maximum absolute atomic E-state index is 12.8. The second-order valence-electron chi connectivity index (χ2n) is 7.25. The zero-order chi connectivity index (χ0) is 25.0. The largest absolute Gasteiger partial charge is 0.573 e. The molecule has 3 aromatic rings. The molecule has 1 amide bonds. The second kappa shape index (κ2) is 9.77. The number of alkyl halides is 3. The first-order valence-electron chi connectivity index (χ1n) is 9.83. The molecule has 0 spiro atoms. The molecular weight excluding hydrogens is 459 g/mol. The van der Waals surface area contributed by atoms with E-state index in [2.05, 4.69) is 10.1 Å².